The van der Waals surface area contributed by atoms with Crippen molar-refractivity contribution in [2.24, 2.45) is 0 Å². The lowest BCUT2D eigenvalue weighted by atomic mass is 9.98. The second-order valence-corrected chi connectivity index (χ2v) is 7.52. The summed E-state index contributed by atoms with van der Waals surface area (Å²) < 4.78 is 21.3. The van der Waals surface area contributed by atoms with Crippen LogP contribution in [0.5, 0.6) is 6.01 Å². The van der Waals surface area contributed by atoms with Crippen LogP contribution in [0.25, 0.3) is 33.5 Å². The fourth-order valence-corrected chi connectivity index (χ4v) is 3.94. The molecule has 10 heteroatoms. The zero-order valence-corrected chi connectivity index (χ0v) is 18.1. The van der Waals surface area contributed by atoms with E-state index in [4.69, 9.17) is 4.74 Å². The molecule has 0 aliphatic carbocycles. The first-order valence-electron chi connectivity index (χ1n) is 10.5. The molecule has 34 heavy (non-hydrogen) atoms. The lowest BCUT2D eigenvalue weighted by Gasteiger charge is -2.12. The molecular formula is C24H19FN6O3. The number of aromatic amines is 1. The van der Waals surface area contributed by atoms with Crippen molar-refractivity contribution in [1.29, 1.82) is 0 Å². The molecule has 2 aromatic heterocycles. The van der Waals surface area contributed by atoms with Crippen molar-refractivity contribution < 1.29 is 19.0 Å². The minimum absolute atomic E-state index is 0.167. The van der Waals surface area contributed by atoms with E-state index in [0.717, 1.165) is 28.3 Å². The Hall–Kier alpha value is -4.60. The molecule has 0 bridgehead atoms. The van der Waals surface area contributed by atoms with Gasteiger partial charge in [-0.25, -0.2) is 9.18 Å². The summed E-state index contributed by atoms with van der Waals surface area (Å²) in [5.74, 6) is -1.40. The maximum atomic E-state index is 14.0. The number of carboxylic acids is 1. The van der Waals surface area contributed by atoms with E-state index in [9.17, 15) is 14.3 Å². The first-order valence-corrected chi connectivity index (χ1v) is 10.5. The highest BCUT2D eigenvalue weighted by atomic mass is 19.1. The van der Waals surface area contributed by atoms with Gasteiger partial charge in [-0.3, -0.25) is 4.57 Å². The molecule has 0 saturated heterocycles. The number of carbonyl (C=O) groups is 1. The Morgan fingerprint density at radius 2 is 1.88 bits per heavy atom. The number of benzene rings is 3. The minimum Gasteiger partial charge on any atom is -0.478 e. The van der Waals surface area contributed by atoms with Gasteiger partial charge in [0.05, 0.1) is 29.7 Å². The highest BCUT2D eigenvalue weighted by Gasteiger charge is 2.21. The number of ether oxygens (including phenoxy) is 1. The van der Waals surface area contributed by atoms with Gasteiger partial charge in [0.1, 0.15) is 5.82 Å². The number of aromatic carboxylic acids is 1. The minimum atomic E-state index is -1.23. The molecule has 0 amide bonds. The predicted octanol–water partition coefficient (Wildman–Crippen LogP) is 4.17. The van der Waals surface area contributed by atoms with E-state index in [1.807, 2.05) is 48.5 Å². The van der Waals surface area contributed by atoms with Crippen LogP contribution in [0.1, 0.15) is 22.8 Å². The number of fused-ring (bicyclic) bond motifs is 1. The first kappa shape index (κ1) is 21.3. The molecule has 5 aromatic rings. The zero-order valence-electron chi connectivity index (χ0n) is 18.1. The largest absolute Gasteiger partial charge is 0.478 e. The van der Waals surface area contributed by atoms with Crippen molar-refractivity contribution in [2.75, 3.05) is 6.61 Å². The highest BCUT2D eigenvalue weighted by Crippen LogP contribution is 2.31. The molecular weight excluding hydrogens is 439 g/mol. The van der Waals surface area contributed by atoms with Crippen LogP contribution in [-0.2, 0) is 6.54 Å². The Morgan fingerprint density at radius 1 is 1.12 bits per heavy atom. The number of H-pyrrole nitrogens is 1. The number of rotatable bonds is 7. The van der Waals surface area contributed by atoms with Gasteiger partial charge in [-0.05, 0) is 34.9 Å². The summed E-state index contributed by atoms with van der Waals surface area (Å²) in [5, 5.41) is 23.9. The van der Waals surface area contributed by atoms with E-state index in [1.165, 1.54) is 6.07 Å². The average molecular weight is 458 g/mol. The van der Waals surface area contributed by atoms with E-state index < -0.39 is 11.8 Å². The standard InChI is InChI=1S/C24H19FN6O3/c1-2-34-24-26-20-12-16(25)11-19(23(32)33)21(20)31(24)13-14-7-9-15(10-8-14)17-5-3-4-6-18(17)22-27-29-30-28-22/h3-12H,2,13H2,1H3,(H,32,33)(H,27,28,29,30). The number of nitrogens with one attached hydrogen (secondary N) is 1. The van der Waals surface area contributed by atoms with Gasteiger partial charge in [0, 0.05) is 11.6 Å². The molecule has 2 N–H and O–H groups in total. The lowest BCUT2D eigenvalue weighted by Crippen LogP contribution is -2.08. The number of halogens is 1. The van der Waals surface area contributed by atoms with Crippen molar-refractivity contribution in [3.8, 4) is 28.5 Å². The zero-order chi connectivity index (χ0) is 23.7. The van der Waals surface area contributed by atoms with Crippen LogP contribution in [-0.4, -0.2) is 47.9 Å². The van der Waals surface area contributed by atoms with Gasteiger partial charge in [-0.1, -0.05) is 48.5 Å². The smallest absolute Gasteiger partial charge is 0.338 e. The number of hydrogen-bond donors (Lipinski definition) is 2. The fourth-order valence-electron chi connectivity index (χ4n) is 3.94. The summed E-state index contributed by atoms with van der Waals surface area (Å²) in [7, 11) is 0. The van der Waals surface area contributed by atoms with E-state index in [0.29, 0.717) is 24.5 Å². The summed E-state index contributed by atoms with van der Waals surface area (Å²) in [6, 6.07) is 18.0. The van der Waals surface area contributed by atoms with Crippen LogP contribution in [0.4, 0.5) is 4.39 Å². The quantitative estimate of drug-likeness (QED) is 0.376. The van der Waals surface area contributed by atoms with E-state index >= 15 is 0 Å². The van der Waals surface area contributed by atoms with Gasteiger partial charge in [0.2, 0.25) is 5.82 Å². The Morgan fingerprint density at radius 3 is 2.56 bits per heavy atom. The first-order chi connectivity index (χ1) is 16.5. The third-order valence-corrected chi connectivity index (χ3v) is 5.39. The molecule has 3 aromatic carbocycles. The molecule has 5 rings (SSSR count). The predicted molar refractivity (Wildman–Crippen MR) is 122 cm³/mol. The van der Waals surface area contributed by atoms with Gasteiger partial charge in [0.25, 0.3) is 6.01 Å². The SMILES string of the molecule is CCOc1nc2cc(F)cc(C(=O)O)c2n1Cc1ccc(-c2ccccc2-c2nn[nH]n2)cc1. The van der Waals surface area contributed by atoms with Crippen molar-refractivity contribution in [3.05, 3.63) is 77.6 Å². The molecule has 170 valence electrons. The van der Waals surface area contributed by atoms with Crippen molar-refractivity contribution in [2.45, 2.75) is 13.5 Å². The lowest BCUT2D eigenvalue weighted by molar-refractivity contribution is 0.0698. The van der Waals surface area contributed by atoms with Gasteiger partial charge < -0.3 is 9.84 Å². The average Bonchev–Trinajstić information content (AvgIpc) is 3.48. The molecule has 0 atom stereocenters. The molecule has 0 unspecified atom stereocenters. The maximum absolute atomic E-state index is 14.0. The summed E-state index contributed by atoms with van der Waals surface area (Å²) in [6.07, 6.45) is 0. The number of nitrogens with zero attached hydrogens (tertiary/aromatic N) is 5. The Labute approximate surface area is 192 Å². The van der Waals surface area contributed by atoms with Gasteiger partial charge in [-0.15, -0.1) is 10.2 Å². The number of tetrazole rings is 1. The molecule has 0 aliphatic heterocycles. The van der Waals surface area contributed by atoms with Crippen LogP contribution >= 0.6 is 0 Å². The fraction of sp³-hybridized carbons (Fsp3) is 0.125. The second kappa shape index (κ2) is 8.74. The number of carboxylic acid groups (broad SMARTS) is 1. The topological polar surface area (TPSA) is 119 Å². The highest BCUT2D eigenvalue weighted by molar-refractivity contribution is 6.01. The monoisotopic (exact) mass is 458 g/mol. The molecule has 0 radical (unpaired) electrons. The summed E-state index contributed by atoms with van der Waals surface area (Å²) in [6.45, 7) is 2.43. The van der Waals surface area contributed by atoms with E-state index in [-0.39, 0.29) is 17.1 Å². The summed E-state index contributed by atoms with van der Waals surface area (Å²) in [4.78, 5) is 16.1. The third-order valence-electron chi connectivity index (χ3n) is 5.39. The Bertz CT molecular complexity index is 1480. The molecule has 0 spiro atoms. The van der Waals surface area contributed by atoms with Crippen LogP contribution < -0.4 is 4.74 Å². The number of imidazole rings is 1. The van der Waals surface area contributed by atoms with Crippen LogP contribution in [0, 0.1) is 5.82 Å². The number of aromatic nitrogens is 6. The van der Waals surface area contributed by atoms with Gasteiger partial charge in [0.15, 0.2) is 0 Å². The van der Waals surface area contributed by atoms with E-state index in [2.05, 4.69) is 25.6 Å². The van der Waals surface area contributed by atoms with E-state index in [1.54, 1.807) is 11.5 Å². The summed E-state index contributed by atoms with van der Waals surface area (Å²) >= 11 is 0. The molecule has 0 aliphatic rings. The molecule has 9 nitrogen and oxygen atoms in total. The van der Waals surface area contributed by atoms with Crippen LogP contribution in [0.15, 0.2) is 60.7 Å². The number of hydrogen-bond acceptors (Lipinski definition) is 6. The van der Waals surface area contributed by atoms with Crippen LogP contribution in [0.3, 0.4) is 0 Å². The normalized spacial score (nSPS) is 11.1. The van der Waals surface area contributed by atoms with Crippen molar-refractivity contribution in [1.82, 2.24) is 30.2 Å². The van der Waals surface area contributed by atoms with Crippen molar-refractivity contribution in [3.63, 3.8) is 0 Å². The molecule has 2 heterocycles. The Balaban J connectivity index is 1.54. The van der Waals surface area contributed by atoms with Crippen molar-refractivity contribution >= 4 is 17.0 Å². The van der Waals surface area contributed by atoms with Gasteiger partial charge >= 0.3 is 5.97 Å². The second-order valence-electron chi connectivity index (χ2n) is 7.52. The van der Waals surface area contributed by atoms with Gasteiger partial charge in [-0.2, -0.15) is 10.2 Å². The Kier molecular flexibility index (Phi) is 5.46. The maximum Gasteiger partial charge on any atom is 0.338 e. The molecule has 0 fully saturated rings. The third kappa shape index (κ3) is 3.85. The van der Waals surface area contributed by atoms with Crippen LogP contribution in [0.2, 0.25) is 0 Å². The molecule has 0 saturated carbocycles. The summed E-state index contributed by atoms with van der Waals surface area (Å²) in [5.41, 5.74) is 4.01.